The Morgan fingerprint density at radius 3 is 2.75 bits per heavy atom. The fraction of sp³-hybridized carbons (Fsp3) is 0.118. The van der Waals surface area contributed by atoms with Crippen LogP contribution in [-0.4, -0.2) is 26.4 Å². The summed E-state index contributed by atoms with van der Waals surface area (Å²) in [5, 5.41) is 7.06. The van der Waals surface area contributed by atoms with Crippen molar-refractivity contribution in [1.29, 1.82) is 0 Å². The van der Waals surface area contributed by atoms with E-state index in [0.717, 1.165) is 15.1 Å². The normalized spacial score (nSPS) is 10.6. The van der Waals surface area contributed by atoms with Crippen molar-refractivity contribution in [3.63, 3.8) is 0 Å². The van der Waals surface area contributed by atoms with Crippen LogP contribution in [0.2, 0.25) is 0 Å². The van der Waals surface area contributed by atoms with Crippen molar-refractivity contribution in [3.8, 4) is 5.69 Å². The van der Waals surface area contributed by atoms with Crippen molar-refractivity contribution in [1.82, 2.24) is 14.8 Å². The van der Waals surface area contributed by atoms with Crippen LogP contribution in [0.5, 0.6) is 0 Å². The minimum atomic E-state index is -0.0694. The van der Waals surface area contributed by atoms with Gasteiger partial charge in [-0.25, -0.2) is 9.67 Å². The van der Waals surface area contributed by atoms with Crippen LogP contribution < -0.4 is 5.32 Å². The molecule has 3 aromatic rings. The molecule has 0 aliphatic heterocycles. The number of nitrogens with zero attached hydrogens (tertiary/aromatic N) is 3. The predicted molar refractivity (Wildman–Crippen MR) is 99.6 cm³/mol. The minimum Gasteiger partial charge on any atom is -0.323 e. The highest BCUT2D eigenvalue weighted by Crippen LogP contribution is 2.25. The summed E-state index contributed by atoms with van der Waals surface area (Å²) >= 11 is 4.94. The van der Waals surface area contributed by atoms with Crippen molar-refractivity contribution >= 4 is 39.3 Å². The van der Waals surface area contributed by atoms with Crippen LogP contribution in [0.4, 0.5) is 5.69 Å². The first-order valence-corrected chi connectivity index (χ1v) is 9.03. The van der Waals surface area contributed by atoms with Crippen molar-refractivity contribution in [2.45, 2.75) is 11.8 Å². The quantitative estimate of drug-likeness (QED) is 0.653. The van der Waals surface area contributed by atoms with E-state index in [9.17, 15) is 4.79 Å². The van der Waals surface area contributed by atoms with Crippen LogP contribution >= 0.6 is 27.7 Å². The first-order valence-electron chi connectivity index (χ1n) is 7.26. The van der Waals surface area contributed by atoms with Crippen LogP contribution in [-0.2, 0) is 4.79 Å². The lowest BCUT2D eigenvalue weighted by Gasteiger charge is -2.11. The Morgan fingerprint density at radius 1 is 1.25 bits per heavy atom. The van der Waals surface area contributed by atoms with E-state index < -0.39 is 0 Å². The number of carbonyl (C=O) groups excluding carboxylic acids is 1. The van der Waals surface area contributed by atoms with Crippen LogP contribution in [0.1, 0.15) is 5.56 Å². The highest BCUT2D eigenvalue weighted by Gasteiger charge is 2.10. The monoisotopic (exact) mass is 402 g/mol. The Labute approximate surface area is 152 Å². The second-order valence-corrected chi connectivity index (χ2v) is 7.12. The Hall–Kier alpha value is -2.12. The van der Waals surface area contributed by atoms with E-state index in [2.05, 4.69) is 31.3 Å². The molecule has 0 aliphatic rings. The number of rotatable bonds is 5. The number of thioether (sulfide) groups is 1. The molecule has 0 saturated heterocycles. The average Bonchev–Trinajstić information content (AvgIpc) is 3.09. The van der Waals surface area contributed by atoms with Crippen molar-refractivity contribution < 1.29 is 4.79 Å². The zero-order valence-electron chi connectivity index (χ0n) is 12.9. The van der Waals surface area contributed by atoms with E-state index in [1.54, 1.807) is 11.0 Å². The van der Waals surface area contributed by atoms with Gasteiger partial charge in [-0.05, 0) is 37.3 Å². The SMILES string of the molecule is Cc1ccc(SCC(=O)Nc2cc(Br)ccc2-n2cncn2)cc1. The molecule has 3 rings (SSSR count). The van der Waals surface area contributed by atoms with Crippen LogP contribution in [0.15, 0.2) is 64.5 Å². The maximum atomic E-state index is 12.3. The molecule has 0 spiro atoms. The molecule has 0 unspecified atom stereocenters. The molecule has 7 heteroatoms. The molecule has 5 nitrogen and oxygen atoms in total. The van der Waals surface area contributed by atoms with Crippen LogP contribution in [0, 0.1) is 6.92 Å². The number of halogens is 1. The summed E-state index contributed by atoms with van der Waals surface area (Å²) in [5.74, 6) is 0.270. The maximum Gasteiger partial charge on any atom is 0.234 e. The van der Waals surface area contributed by atoms with E-state index in [1.807, 2.05) is 49.4 Å². The highest BCUT2D eigenvalue weighted by molar-refractivity contribution is 9.10. The summed E-state index contributed by atoms with van der Waals surface area (Å²) in [4.78, 5) is 17.3. The molecule has 0 atom stereocenters. The number of carbonyl (C=O) groups is 1. The van der Waals surface area contributed by atoms with Crippen LogP contribution in [0.25, 0.3) is 5.69 Å². The van der Waals surface area contributed by atoms with Gasteiger partial charge in [0.25, 0.3) is 0 Å². The lowest BCUT2D eigenvalue weighted by atomic mass is 10.2. The van der Waals surface area contributed by atoms with Gasteiger partial charge in [0, 0.05) is 9.37 Å². The second kappa shape index (κ2) is 7.63. The smallest absolute Gasteiger partial charge is 0.234 e. The zero-order chi connectivity index (χ0) is 16.9. The number of amides is 1. The van der Waals surface area contributed by atoms with Gasteiger partial charge in [0.1, 0.15) is 12.7 Å². The Kier molecular flexibility index (Phi) is 5.32. The molecule has 1 aromatic heterocycles. The number of hydrogen-bond acceptors (Lipinski definition) is 4. The van der Waals surface area contributed by atoms with Gasteiger partial charge in [0.2, 0.25) is 5.91 Å². The fourth-order valence-corrected chi connectivity index (χ4v) is 3.17. The van der Waals surface area contributed by atoms with Gasteiger partial charge in [-0.15, -0.1) is 11.8 Å². The molecular formula is C17H15BrN4OS. The lowest BCUT2D eigenvalue weighted by Crippen LogP contribution is -2.16. The van der Waals surface area contributed by atoms with Crippen molar-refractivity contribution in [3.05, 3.63) is 65.2 Å². The first-order chi connectivity index (χ1) is 11.6. The maximum absolute atomic E-state index is 12.3. The molecule has 0 saturated carbocycles. The lowest BCUT2D eigenvalue weighted by molar-refractivity contribution is -0.113. The van der Waals surface area contributed by atoms with Gasteiger partial charge in [-0.3, -0.25) is 4.79 Å². The number of aryl methyl sites for hydroxylation is 1. The van der Waals surface area contributed by atoms with Gasteiger partial charge in [0.15, 0.2) is 0 Å². The third-order valence-electron chi connectivity index (χ3n) is 3.29. The van der Waals surface area contributed by atoms with E-state index in [-0.39, 0.29) is 5.91 Å². The van der Waals surface area contributed by atoms with E-state index in [4.69, 9.17) is 0 Å². The summed E-state index contributed by atoms with van der Waals surface area (Å²) in [6, 6.07) is 13.7. The topological polar surface area (TPSA) is 59.8 Å². The largest absolute Gasteiger partial charge is 0.323 e. The fourth-order valence-electron chi connectivity index (χ4n) is 2.11. The molecule has 2 aromatic carbocycles. The molecule has 0 bridgehead atoms. The molecule has 122 valence electrons. The third kappa shape index (κ3) is 4.24. The summed E-state index contributed by atoms with van der Waals surface area (Å²) in [6.07, 6.45) is 3.06. The highest BCUT2D eigenvalue weighted by atomic mass is 79.9. The van der Waals surface area contributed by atoms with Gasteiger partial charge in [-0.1, -0.05) is 33.6 Å². The van der Waals surface area contributed by atoms with E-state index in [0.29, 0.717) is 11.4 Å². The third-order valence-corrected chi connectivity index (χ3v) is 4.79. The van der Waals surface area contributed by atoms with Crippen molar-refractivity contribution in [2.75, 3.05) is 11.1 Å². The van der Waals surface area contributed by atoms with Gasteiger partial charge < -0.3 is 5.32 Å². The molecule has 24 heavy (non-hydrogen) atoms. The molecular weight excluding hydrogens is 388 g/mol. The molecule has 0 fully saturated rings. The summed E-state index contributed by atoms with van der Waals surface area (Å²) < 4.78 is 2.50. The van der Waals surface area contributed by atoms with E-state index >= 15 is 0 Å². The van der Waals surface area contributed by atoms with E-state index in [1.165, 1.54) is 23.7 Å². The molecule has 1 heterocycles. The van der Waals surface area contributed by atoms with Gasteiger partial charge in [0.05, 0.1) is 17.1 Å². The number of aromatic nitrogens is 3. The van der Waals surface area contributed by atoms with Crippen molar-refractivity contribution in [2.24, 2.45) is 0 Å². The average molecular weight is 403 g/mol. The molecule has 0 aliphatic carbocycles. The molecule has 0 radical (unpaired) electrons. The zero-order valence-corrected chi connectivity index (χ0v) is 15.3. The van der Waals surface area contributed by atoms with Gasteiger partial charge in [-0.2, -0.15) is 5.10 Å². The molecule has 1 amide bonds. The Balaban J connectivity index is 1.70. The first kappa shape index (κ1) is 16.7. The van der Waals surface area contributed by atoms with Gasteiger partial charge >= 0.3 is 0 Å². The number of benzene rings is 2. The van der Waals surface area contributed by atoms with Crippen LogP contribution in [0.3, 0.4) is 0 Å². The predicted octanol–water partition coefficient (Wildman–Crippen LogP) is 4.07. The number of anilines is 1. The number of nitrogens with one attached hydrogen (secondary N) is 1. The second-order valence-electron chi connectivity index (χ2n) is 5.15. The number of hydrogen-bond donors (Lipinski definition) is 1. The Morgan fingerprint density at radius 2 is 2.04 bits per heavy atom. The summed E-state index contributed by atoms with van der Waals surface area (Å²) in [6.45, 7) is 2.04. The molecule has 1 N–H and O–H groups in total. The minimum absolute atomic E-state index is 0.0694. The Bertz CT molecular complexity index is 834. The summed E-state index contributed by atoms with van der Waals surface area (Å²) in [5.41, 5.74) is 2.66. The standard InChI is InChI=1S/C17H15BrN4OS/c1-12-2-5-14(6-3-12)24-9-17(23)21-15-8-13(18)4-7-16(15)22-11-19-10-20-22/h2-8,10-11H,9H2,1H3,(H,21,23). The summed E-state index contributed by atoms with van der Waals surface area (Å²) in [7, 11) is 0.